The maximum absolute atomic E-state index is 12.8. The molecule has 0 bridgehead atoms. The number of hydrogen-bond acceptors (Lipinski definition) is 4. The van der Waals surface area contributed by atoms with E-state index in [9.17, 15) is 9.59 Å². The van der Waals surface area contributed by atoms with Gasteiger partial charge in [0.15, 0.2) is 17.3 Å². The number of benzene rings is 1. The Morgan fingerprint density at radius 3 is 2.67 bits per heavy atom. The lowest BCUT2D eigenvalue weighted by Gasteiger charge is -2.28. The van der Waals surface area contributed by atoms with Gasteiger partial charge in [0, 0.05) is 35.9 Å². The molecule has 4 rings (SSSR count). The van der Waals surface area contributed by atoms with Gasteiger partial charge in [-0.15, -0.1) is 0 Å². The van der Waals surface area contributed by atoms with Crippen LogP contribution in [0.15, 0.2) is 18.2 Å². The molecular formula is C21H24N2O4. The average molecular weight is 368 g/mol. The van der Waals surface area contributed by atoms with Crippen LogP contribution in [0.1, 0.15) is 58.8 Å². The molecular weight excluding hydrogens is 344 g/mol. The highest BCUT2D eigenvalue weighted by Crippen LogP contribution is 2.37. The third-order valence-electron chi connectivity index (χ3n) is 5.13. The van der Waals surface area contributed by atoms with Gasteiger partial charge in [0.05, 0.1) is 13.2 Å². The van der Waals surface area contributed by atoms with E-state index in [4.69, 9.17) is 9.47 Å². The van der Waals surface area contributed by atoms with Crippen molar-refractivity contribution in [2.24, 2.45) is 5.41 Å². The first-order valence-corrected chi connectivity index (χ1v) is 9.30. The number of rotatable bonds is 2. The third-order valence-corrected chi connectivity index (χ3v) is 5.13. The molecule has 0 atom stereocenters. The maximum atomic E-state index is 12.8. The summed E-state index contributed by atoms with van der Waals surface area (Å²) in [4.78, 5) is 28.5. The van der Waals surface area contributed by atoms with Gasteiger partial charge in [-0.3, -0.25) is 9.59 Å². The van der Waals surface area contributed by atoms with E-state index in [1.807, 2.05) is 6.92 Å². The number of amides is 1. The number of aromatic nitrogens is 1. The Labute approximate surface area is 158 Å². The summed E-state index contributed by atoms with van der Waals surface area (Å²) in [5.74, 6) is 1.15. The molecule has 2 heterocycles. The molecule has 1 amide bonds. The molecule has 1 aliphatic heterocycles. The lowest BCUT2D eigenvalue weighted by molar-refractivity contribution is 0.0910. The molecule has 142 valence electrons. The van der Waals surface area contributed by atoms with Crippen LogP contribution in [-0.4, -0.2) is 29.9 Å². The van der Waals surface area contributed by atoms with Gasteiger partial charge in [0.25, 0.3) is 5.91 Å². The van der Waals surface area contributed by atoms with Crippen LogP contribution in [-0.2, 0) is 6.42 Å². The Morgan fingerprint density at radius 2 is 1.89 bits per heavy atom. The van der Waals surface area contributed by atoms with Gasteiger partial charge >= 0.3 is 0 Å². The van der Waals surface area contributed by atoms with E-state index >= 15 is 0 Å². The summed E-state index contributed by atoms with van der Waals surface area (Å²) in [6.45, 7) is 7.18. The fourth-order valence-electron chi connectivity index (χ4n) is 3.89. The molecule has 0 fully saturated rings. The second kappa shape index (κ2) is 6.44. The van der Waals surface area contributed by atoms with E-state index < -0.39 is 0 Å². The van der Waals surface area contributed by atoms with Crippen molar-refractivity contribution < 1.29 is 19.1 Å². The summed E-state index contributed by atoms with van der Waals surface area (Å²) >= 11 is 0. The number of nitrogens with one attached hydrogen (secondary N) is 2. The number of anilines is 1. The highest BCUT2D eigenvalue weighted by molar-refractivity contribution is 6.08. The number of H-pyrrole nitrogens is 1. The summed E-state index contributed by atoms with van der Waals surface area (Å²) in [6, 6.07) is 5.36. The van der Waals surface area contributed by atoms with E-state index in [-0.39, 0.29) is 17.1 Å². The van der Waals surface area contributed by atoms with Crippen LogP contribution in [0.3, 0.4) is 0 Å². The molecule has 2 aliphatic rings. The molecule has 0 spiro atoms. The zero-order valence-corrected chi connectivity index (χ0v) is 15.9. The Hall–Kier alpha value is -2.76. The third kappa shape index (κ3) is 3.31. The van der Waals surface area contributed by atoms with E-state index in [1.165, 1.54) is 0 Å². The molecule has 0 radical (unpaired) electrons. The number of fused-ring (bicyclic) bond motifs is 2. The van der Waals surface area contributed by atoms with Gasteiger partial charge < -0.3 is 19.8 Å². The molecule has 6 heteroatoms. The molecule has 0 saturated carbocycles. The molecule has 0 unspecified atom stereocenters. The van der Waals surface area contributed by atoms with E-state index in [0.717, 1.165) is 24.1 Å². The van der Waals surface area contributed by atoms with Crippen LogP contribution < -0.4 is 14.8 Å². The smallest absolute Gasteiger partial charge is 0.272 e. The molecule has 1 aliphatic carbocycles. The summed E-state index contributed by atoms with van der Waals surface area (Å²) in [7, 11) is 0. The minimum atomic E-state index is -0.262. The predicted molar refractivity (Wildman–Crippen MR) is 102 cm³/mol. The summed E-state index contributed by atoms with van der Waals surface area (Å²) in [6.07, 6.45) is 2.09. The quantitative estimate of drug-likeness (QED) is 0.843. The Balaban J connectivity index is 1.60. The van der Waals surface area contributed by atoms with Crippen molar-refractivity contribution in [2.45, 2.75) is 40.0 Å². The lowest BCUT2D eigenvalue weighted by atomic mass is 9.75. The molecule has 27 heavy (non-hydrogen) atoms. The average Bonchev–Trinajstić information content (AvgIpc) is 2.77. The number of aromatic amines is 1. The largest absolute Gasteiger partial charge is 0.490 e. The zero-order chi connectivity index (χ0) is 19.2. The molecule has 6 nitrogen and oxygen atoms in total. The van der Waals surface area contributed by atoms with Crippen LogP contribution in [0.25, 0.3) is 0 Å². The molecule has 2 N–H and O–H groups in total. The normalized spacial score (nSPS) is 17.8. The van der Waals surface area contributed by atoms with Crippen molar-refractivity contribution in [3.8, 4) is 11.5 Å². The Bertz CT molecular complexity index is 927. The highest BCUT2D eigenvalue weighted by atomic mass is 16.5. The fraction of sp³-hybridized carbons (Fsp3) is 0.429. The van der Waals surface area contributed by atoms with Gasteiger partial charge in [0.2, 0.25) is 0 Å². The number of hydrogen-bond donors (Lipinski definition) is 2. The Morgan fingerprint density at radius 1 is 1.15 bits per heavy atom. The maximum Gasteiger partial charge on any atom is 0.272 e. The first-order chi connectivity index (χ1) is 12.8. The van der Waals surface area contributed by atoms with Crippen LogP contribution in [0.4, 0.5) is 5.69 Å². The first kappa shape index (κ1) is 17.6. The molecule has 0 saturated heterocycles. The van der Waals surface area contributed by atoms with Crippen molar-refractivity contribution in [2.75, 3.05) is 18.5 Å². The van der Waals surface area contributed by atoms with Crippen molar-refractivity contribution in [3.63, 3.8) is 0 Å². The lowest BCUT2D eigenvalue weighted by Crippen LogP contribution is -2.26. The summed E-state index contributed by atoms with van der Waals surface area (Å²) < 4.78 is 11.3. The minimum absolute atomic E-state index is 0.0938. The Kier molecular flexibility index (Phi) is 4.21. The van der Waals surface area contributed by atoms with Gasteiger partial charge in [0.1, 0.15) is 5.69 Å². The van der Waals surface area contributed by atoms with E-state index in [0.29, 0.717) is 48.1 Å². The van der Waals surface area contributed by atoms with E-state index in [1.54, 1.807) is 18.2 Å². The van der Waals surface area contributed by atoms with Gasteiger partial charge in [-0.2, -0.15) is 0 Å². The van der Waals surface area contributed by atoms with Gasteiger partial charge in [-0.1, -0.05) is 13.8 Å². The standard InChI is InChI=1S/C21H24N2O4/c1-12-18-14(10-21(2,3)11-15(18)24)23-19(12)20(25)22-13-5-6-16-17(9-13)27-8-4-7-26-16/h5-6,9,23H,4,7-8,10-11H2,1-3H3,(H,22,25). The molecule has 1 aromatic heterocycles. The summed E-state index contributed by atoms with van der Waals surface area (Å²) in [5.41, 5.74) is 3.23. The van der Waals surface area contributed by atoms with Gasteiger partial charge in [-0.05, 0) is 36.5 Å². The number of ether oxygens (including phenoxy) is 2. The highest BCUT2D eigenvalue weighted by Gasteiger charge is 2.35. The zero-order valence-electron chi connectivity index (χ0n) is 15.9. The van der Waals surface area contributed by atoms with Crippen molar-refractivity contribution in [1.82, 2.24) is 4.98 Å². The van der Waals surface area contributed by atoms with Crippen molar-refractivity contribution in [3.05, 3.63) is 40.7 Å². The summed E-state index contributed by atoms with van der Waals surface area (Å²) in [5, 5.41) is 2.90. The number of carbonyl (C=O) groups is 2. The predicted octanol–water partition coefficient (Wildman–Crippen LogP) is 3.89. The number of ketones is 1. The number of carbonyl (C=O) groups excluding carboxylic acids is 2. The monoisotopic (exact) mass is 368 g/mol. The van der Waals surface area contributed by atoms with Crippen molar-refractivity contribution >= 4 is 17.4 Å². The van der Waals surface area contributed by atoms with Gasteiger partial charge in [-0.25, -0.2) is 0 Å². The van der Waals surface area contributed by atoms with Crippen LogP contribution in [0.2, 0.25) is 0 Å². The van der Waals surface area contributed by atoms with E-state index in [2.05, 4.69) is 24.1 Å². The van der Waals surface area contributed by atoms with Crippen molar-refractivity contribution in [1.29, 1.82) is 0 Å². The second-order valence-corrected chi connectivity index (χ2v) is 8.09. The fourth-order valence-corrected chi connectivity index (χ4v) is 3.89. The van der Waals surface area contributed by atoms with Crippen LogP contribution >= 0.6 is 0 Å². The molecule has 1 aromatic carbocycles. The first-order valence-electron chi connectivity index (χ1n) is 9.30. The number of Topliss-reactive ketones (excluding diaryl/α,β-unsaturated/α-hetero) is 1. The minimum Gasteiger partial charge on any atom is -0.490 e. The van der Waals surface area contributed by atoms with Crippen LogP contribution in [0.5, 0.6) is 11.5 Å². The SMILES string of the molecule is Cc1c(C(=O)Nc2ccc3c(c2)OCCCO3)[nH]c2c1C(=O)CC(C)(C)C2. The topological polar surface area (TPSA) is 80.4 Å². The van der Waals surface area contributed by atoms with Crippen LogP contribution in [0, 0.1) is 12.3 Å². The second-order valence-electron chi connectivity index (χ2n) is 8.09. The molecule has 2 aromatic rings.